The molecule has 0 heterocycles. The Morgan fingerprint density at radius 1 is 0.545 bits per heavy atom. The molecule has 0 saturated heterocycles. The van der Waals surface area contributed by atoms with Gasteiger partial charge in [-0.1, -0.05) is 82.8 Å². The third-order valence-corrected chi connectivity index (χ3v) is 6.23. The van der Waals surface area contributed by atoms with E-state index in [1.807, 2.05) is 12.1 Å². The number of hydrogen-bond acceptors (Lipinski definition) is 3. The molecule has 0 aliphatic rings. The van der Waals surface area contributed by atoms with Crippen LogP contribution in [-0.2, 0) is 4.74 Å². The molecule has 0 saturated carbocycles. The number of benzene rings is 4. The van der Waals surface area contributed by atoms with E-state index >= 15 is 0 Å². The van der Waals surface area contributed by atoms with E-state index in [0.717, 1.165) is 0 Å². The van der Waals surface area contributed by atoms with Crippen LogP contribution in [0.5, 0.6) is 11.5 Å². The van der Waals surface area contributed by atoms with E-state index in [1.165, 1.54) is 0 Å². The lowest BCUT2D eigenvalue weighted by Gasteiger charge is -2.28. The first kappa shape index (κ1) is 23.7. The number of rotatable bonds is 6. The summed E-state index contributed by atoms with van der Waals surface area (Å²) in [5.41, 5.74) is 2.66. The molecule has 0 radical (unpaired) electrons. The number of ether oxygens (including phenoxy) is 1. The molecule has 2 atom stereocenters. The molecule has 4 rings (SSSR count). The van der Waals surface area contributed by atoms with Gasteiger partial charge in [-0.2, -0.15) is 0 Å². The second-order valence-corrected chi connectivity index (χ2v) is 9.11. The predicted octanol–water partition coefficient (Wildman–Crippen LogP) is 8.61. The topological polar surface area (TPSA) is 49.7 Å². The fraction of sp³-hybridized carbons (Fsp3) is 0.0769. The van der Waals surface area contributed by atoms with Crippen LogP contribution in [0.1, 0.15) is 34.5 Å². The van der Waals surface area contributed by atoms with Gasteiger partial charge in [0.15, 0.2) is 0 Å². The lowest BCUT2D eigenvalue weighted by atomic mass is 9.97. The highest BCUT2D eigenvalue weighted by molar-refractivity contribution is 6.35. The van der Waals surface area contributed by atoms with E-state index in [4.69, 9.17) is 51.1 Å². The Bertz CT molecular complexity index is 1190. The predicted molar refractivity (Wildman–Crippen MR) is 134 cm³/mol. The number of phenols is 2. The molecule has 0 bridgehead atoms. The summed E-state index contributed by atoms with van der Waals surface area (Å²) in [6.45, 7) is 0. The second kappa shape index (κ2) is 10.3. The molecule has 0 fully saturated rings. The van der Waals surface area contributed by atoms with Crippen LogP contribution in [0.2, 0.25) is 20.1 Å². The van der Waals surface area contributed by atoms with Crippen LogP contribution in [0.15, 0.2) is 84.9 Å². The molecule has 33 heavy (non-hydrogen) atoms. The zero-order valence-electron chi connectivity index (χ0n) is 17.1. The SMILES string of the molecule is Oc1cccc(C(OC(c2cccc(O)c2)c2ccc(Cl)cc2Cl)c2ccc(Cl)cc2Cl)c1. The van der Waals surface area contributed by atoms with E-state index in [2.05, 4.69) is 0 Å². The zero-order valence-corrected chi connectivity index (χ0v) is 20.1. The van der Waals surface area contributed by atoms with Crippen LogP contribution in [0.25, 0.3) is 0 Å². The van der Waals surface area contributed by atoms with Gasteiger partial charge < -0.3 is 14.9 Å². The van der Waals surface area contributed by atoms with E-state index in [-0.39, 0.29) is 11.5 Å². The number of hydrogen-bond donors (Lipinski definition) is 2. The minimum atomic E-state index is -0.694. The lowest BCUT2D eigenvalue weighted by Crippen LogP contribution is -2.14. The van der Waals surface area contributed by atoms with Gasteiger partial charge in [-0.3, -0.25) is 0 Å². The lowest BCUT2D eigenvalue weighted by molar-refractivity contribution is 0.0307. The smallest absolute Gasteiger partial charge is 0.115 e. The highest BCUT2D eigenvalue weighted by atomic mass is 35.5. The Balaban J connectivity index is 1.88. The second-order valence-electron chi connectivity index (χ2n) is 7.42. The third kappa shape index (κ3) is 5.57. The van der Waals surface area contributed by atoms with Crippen molar-refractivity contribution in [3.8, 4) is 11.5 Å². The van der Waals surface area contributed by atoms with Gasteiger partial charge >= 0.3 is 0 Å². The summed E-state index contributed by atoms with van der Waals surface area (Å²) in [7, 11) is 0. The van der Waals surface area contributed by atoms with E-state index in [1.54, 1.807) is 72.8 Å². The van der Waals surface area contributed by atoms with E-state index in [0.29, 0.717) is 42.3 Å². The summed E-state index contributed by atoms with van der Waals surface area (Å²) in [6, 6.07) is 23.8. The van der Waals surface area contributed by atoms with Gasteiger partial charge in [-0.25, -0.2) is 0 Å². The van der Waals surface area contributed by atoms with Crippen molar-refractivity contribution < 1.29 is 14.9 Å². The molecular formula is C26H18Cl4O3. The van der Waals surface area contributed by atoms with Crippen molar-refractivity contribution in [2.45, 2.75) is 12.2 Å². The Morgan fingerprint density at radius 2 is 0.970 bits per heavy atom. The molecule has 0 aliphatic carbocycles. The molecule has 0 aliphatic heterocycles. The van der Waals surface area contributed by atoms with Gasteiger partial charge in [0, 0.05) is 31.2 Å². The average Bonchev–Trinajstić information content (AvgIpc) is 2.76. The van der Waals surface area contributed by atoms with Crippen LogP contribution in [0.4, 0.5) is 0 Å². The van der Waals surface area contributed by atoms with Crippen molar-refractivity contribution >= 4 is 46.4 Å². The number of aromatic hydroxyl groups is 2. The molecule has 4 aromatic rings. The molecule has 3 nitrogen and oxygen atoms in total. The van der Waals surface area contributed by atoms with Crippen molar-refractivity contribution in [3.63, 3.8) is 0 Å². The summed E-state index contributed by atoms with van der Waals surface area (Å²) in [6.07, 6.45) is -1.39. The van der Waals surface area contributed by atoms with Gasteiger partial charge in [-0.05, 0) is 59.7 Å². The van der Waals surface area contributed by atoms with Gasteiger partial charge in [-0.15, -0.1) is 0 Å². The Hall–Kier alpha value is -2.40. The summed E-state index contributed by atoms with van der Waals surface area (Å²) in [5.74, 6) is 0.175. The number of phenolic OH excluding ortho intramolecular Hbond substituents is 2. The minimum Gasteiger partial charge on any atom is -0.508 e. The fourth-order valence-electron chi connectivity index (χ4n) is 3.60. The molecule has 168 valence electrons. The Kier molecular flexibility index (Phi) is 7.38. The van der Waals surface area contributed by atoms with Gasteiger partial charge in [0.2, 0.25) is 0 Å². The summed E-state index contributed by atoms with van der Waals surface area (Å²) in [5, 5.41) is 22.0. The fourth-order valence-corrected chi connectivity index (χ4v) is 4.62. The standard InChI is InChI=1S/C26H18Cl4O3/c27-17-7-9-21(23(29)13-17)25(15-3-1-5-19(31)11-15)33-26(16-4-2-6-20(32)12-16)22-10-8-18(28)14-24(22)30/h1-14,25-26,31-32H. The summed E-state index contributed by atoms with van der Waals surface area (Å²) < 4.78 is 6.67. The third-order valence-electron chi connectivity index (χ3n) is 5.11. The Labute approximate surface area is 211 Å². The quantitative estimate of drug-likeness (QED) is 0.268. The molecular weight excluding hydrogens is 502 g/mol. The van der Waals surface area contributed by atoms with Crippen molar-refractivity contribution in [3.05, 3.63) is 127 Å². The minimum absolute atomic E-state index is 0.0876. The van der Waals surface area contributed by atoms with Crippen LogP contribution in [0.3, 0.4) is 0 Å². The van der Waals surface area contributed by atoms with E-state index in [9.17, 15) is 10.2 Å². The first-order valence-electron chi connectivity index (χ1n) is 9.95. The van der Waals surface area contributed by atoms with Crippen LogP contribution in [0, 0.1) is 0 Å². The molecule has 0 spiro atoms. The highest BCUT2D eigenvalue weighted by Gasteiger charge is 2.27. The Morgan fingerprint density at radius 3 is 1.33 bits per heavy atom. The molecule has 7 heteroatoms. The summed E-state index contributed by atoms with van der Waals surface area (Å²) >= 11 is 25.4. The van der Waals surface area contributed by atoms with Crippen LogP contribution >= 0.6 is 46.4 Å². The number of halogens is 4. The maximum atomic E-state index is 10.1. The average molecular weight is 520 g/mol. The first-order chi connectivity index (χ1) is 15.8. The van der Waals surface area contributed by atoms with Crippen molar-refractivity contribution in [1.29, 1.82) is 0 Å². The van der Waals surface area contributed by atoms with Gasteiger partial charge in [0.1, 0.15) is 23.7 Å². The van der Waals surface area contributed by atoms with Crippen molar-refractivity contribution in [2.24, 2.45) is 0 Å². The van der Waals surface area contributed by atoms with Crippen molar-refractivity contribution in [2.75, 3.05) is 0 Å². The molecule has 0 amide bonds. The van der Waals surface area contributed by atoms with Crippen LogP contribution in [-0.4, -0.2) is 10.2 Å². The first-order valence-corrected chi connectivity index (χ1v) is 11.5. The van der Waals surface area contributed by atoms with E-state index < -0.39 is 12.2 Å². The maximum Gasteiger partial charge on any atom is 0.115 e. The monoisotopic (exact) mass is 518 g/mol. The highest BCUT2D eigenvalue weighted by Crippen LogP contribution is 2.42. The molecule has 0 aromatic heterocycles. The van der Waals surface area contributed by atoms with Crippen LogP contribution < -0.4 is 0 Å². The van der Waals surface area contributed by atoms with Gasteiger partial charge in [0.25, 0.3) is 0 Å². The summed E-state index contributed by atoms with van der Waals surface area (Å²) in [4.78, 5) is 0. The molecule has 2 N–H and O–H groups in total. The van der Waals surface area contributed by atoms with Crippen molar-refractivity contribution in [1.82, 2.24) is 0 Å². The largest absolute Gasteiger partial charge is 0.508 e. The maximum absolute atomic E-state index is 10.1. The zero-order chi connectivity index (χ0) is 23.5. The normalized spacial score (nSPS) is 13.0. The molecule has 2 unspecified atom stereocenters. The van der Waals surface area contributed by atoms with Gasteiger partial charge in [0.05, 0.1) is 0 Å². The molecule has 4 aromatic carbocycles.